The predicted molar refractivity (Wildman–Crippen MR) is 41.9 cm³/mol. The molecule has 14 heavy (non-hydrogen) atoms. The molecule has 3 nitrogen and oxygen atoms in total. The minimum atomic E-state index is -4.21. The maximum atomic E-state index is 11.7. The highest BCUT2D eigenvalue weighted by molar-refractivity contribution is 4.68. The van der Waals surface area contributed by atoms with E-state index in [0.29, 0.717) is 13.2 Å². The summed E-state index contributed by atoms with van der Waals surface area (Å²) in [4.78, 5) is 0. The number of epoxide rings is 1. The zero-order valence-electron chi connectivity index (χ0n) is 7.59. The SMILES string of the molecule is OC(CCC(F)(F)F)COCC1CO1. The van der Waals surface area contributed by atoms with Crippen LogP contribution in [-0.2, 0) is 9.47 Å². The zero-order chi connectivity index (χ0) is 10.6. The van der Waals surface area contributed by atoms with Gasteiger partial charge in [-0.3, -0.25) is 0 Å². The van der Waals surface area contributed by atoms with E-state index in [-0.39, 0.29) is 19.1 Å². The summed E-state index contributed by atoms with van der Waals surface area (Å²) in [6, 6.07) is 0. The molecule has 0 radical (unpaired) electrons. The minimum absolute atomic E-state index is 0.0596. The maximum Gasteiger partial charge on any atom is 0.389 e. The summed E-state index contributed by atoms with van der Waals surface area (Å²) in [6.45, 7) is 0.928. The number of aliphatic hydroxyl groups excluding tert-OH is 1. The number of alkyl halides is 3. The fourth-order valence-electron chi connectivity index (χ4n) is 0.913. The van der Waals surface area contributed by atoms with Gasteiger partial charge in [0, 0.05) is 6.42 Å². The average Bonchev–Trinajstić information content (AvgIpc) is 2.83. The van der Waals surface area contributed by atoms with E-state index in [1.54, 1.807) is 0 Å². The van der Waals surface area contributed by atoms with Crippen molar-refractivity contribution in [2.45, 2.75) is 31.2 Å². The lowest BCUT2D eigenvalue weighted by Gasteiger charge is -2.11. The fourth-order valence-corrected chi connectivity index (χ4v) is 0.913. The fraction of sp³-hybridized carbons (Fsp3) is 1.00. The number of hydrogen-bond acceptors (Lipinski definition) is 3. The molecule has 0 aromatic heterocycles. The highest BCUT2D eigenvalue weighted by Gasteiger charge is 2.28. The molecule has 0 spiro atoms. The van der Waals surface area contributed by atoms with E-state index >= 15 is 0 Å². The summed E-state index contributed by atoms with van der Waals surface area (Å²) >= 11 is 0. The Kier molecular flexibility index (Phi) is 4.15. The molecule has 0 bridgehead atoms. The van der Waals surface area contributed by atoms with Crippen LogP contribution in [0.3, 0.4) is 0 Å². The Morgan fingerprint density at radius 2 is 2.14 bits per heavy atom. The van der Waals surface area contributed by atoms with Crippen LogP contribution in [0.5, 0.6) is 0 Å². The summed E-state index contributed by atoms with van der Waals surface area (Å²) in [5, 5.41) is 9.08. The summed E-state index contributed by atoms with van der Waals surface area (Å²) in [5.41, 5.74) is 0. The molecular formula is C8H13F3O3. The van der Waals surface area contributed by atoms with Crippen LogP contribution < -0.4 is 0 Å². The van der Waals surface area contributed by atoms with Crippen LogP contribution in [0, 0.1) is 0 Å². The highest BCUT2D eigenvalue weighted by atomic mass is 19.4. The Bertz CT molecular complexity index is 168. The molecule has 1 N–H and O–H groups in total. The number of halogens is 3. The van der Waals surface area contributed by atoms with E-state index in [2.05, 4.69) is 0 Å². The van der Waals surface area contributed by atoms with E-state index in [1.807, 2.05) is 0 Å². The smallest absolute Gasteiger partial charge is 0.389 e. The molecule has 0 amide bonds. The molecule has 1 aliphatic rings. The molecule has 2 atom stereocenters. The zero-order valence-corrected chi connectivity index (χ0v) is 7.59. The van der Waals surface area contributed by atoms with Crippen LogP contribution in [0.25, 0.3) is 0 Å². The largest absolute Gasteiger partial charge is 0.391 e. The van der Waals surface area contributed by atoms with Crippen LogP contribution in [0.2, 0.25) is 0 Å². The summed E-state index contributed by atoms with van der Waals surface area (Å²) in [5.74, 6) is 0. The Hall–Kier alpha value is -0.330. The lowest BCUT2D eigenvalue weighted by Crippen LogP contribution is -2.20. The van der Waals surface area contributed by atoms with Gasteiger partial charge >= 0.3 is 6.18 Å². The monoisotopic (exact) mass is 214 g/mol. The Morgan fingerprint density at radius 3 is 2.64 bits per heavy atom. The molecule has 2 unspecified atom stereocenters. The van der Waals surface area contributed by atoms with Crippen LogP contribution >= 0.6 is 0 Å². The minimum Gasteiger partial charge on any atom is -0.391 e. The van der Waals surface area contributed by atoms with Gasteiger partial charge in [0.05, 0.1) is 25.9 Å². The molecule has 0 aromatic rings. The van der Waals surface area contributed by atoms with Crippen molar-refractivity contribution >= 4 is 0 Å². The molecule has 84 valence electrons. The lowest BCUT2D eigenvalue weighted by molar-refractivity contribution is -0.141. The molecule has 0 aliphatic carbocycles. The van der Waals surface area contributed by atoms with E-state index in [1.165, 1.54) is 0 Å². The molecule has 1 rings (SSSR count). The second kappa shape index (κ2) is 4.95. The van der Waals surface area contributed by atoms with E-state index in [9.17, 15) is 13.2 Å². The summed E-state index contributed by atoms with van der Waals surface area (Å²) in [7, 11) is 0. The first-order chi connectivity index (χ1) is 6.47. The quantitative estimate of drug-likeness (QED) is 0.673. The Labute approximate surface area is 79.8 Å². The topological polar surface area (TPSA) is 42.0 Å². The first kappa shape index (κ1) is 11.7. The van der Waals surface area contributed by atoms with Crippen LogP contribution in [0.1, 0.15) is 12.8 Å². The Morgan fingerprint density at radius 1 is 1.50 bits per heavy atom. The summed E-state index contributed by atoms with van der Waals surface area (Å²) < 4.78 is 44.9. The predicted octanol–water partition coefficient (Wildman–Crippen LogP) is 1.11. The molecule has 6 heteroatoms. The van der Waals surface area contributed by atoms with Gasteiger partial charge < -0.3 is 14.6 Å². The van der Waals surface area contributed by atoms with Crippen molar-refractivity contribution in [2.24, 2.45) is 0 Å². The van der Waals surface area contributed by atoms with E-state index < -0.39 is 18.7 Å². The molecule has 1 fully saturated rings. The van der Waals surface area contributed by atoms with Gasteiger partial charge in [-0.25, -0.2) is 0 Å². The van der Waals surface area contributed by atoms with Crippen molar-refractivity contribution in [3.63, 3.8) is 0 Å². The van der Waals surface area contributed by atoms with Crippen molar-refractivity contribution in [2.75, 3.05) is 19.8 Å². The van der Waals surface area contributed by atoms with Crippen molar-refractivity contribution in [1.29, 1.82) is 0 Å². The van der Waals surface area contributed by atoms with Crippen LogP contribution in [0.4, 0.5) is 13.2 Å². The van der Waals surface area contributed by atoms with Gasteiger partial charge in [-0.1, -0.05) is 0 Å². The third kappa shape index (κ3) is 6.17. The van der Waals surface area contributed by atoms with Gasteiger partial charge in [0.1, 0.15) is 6.10 Å². The number of ether oxygens (including phenoxy) is 2. The van der Waals surface area contributed by atoms with Gasteiger partial charge in [0.25, 0.3) is 0 Å². The summed E-state index contributed by atoms with van der Waals surface area (Å²) in [6.07, 6.45) is -6.47. The normalized spacial score (nSPS) is 23.6. The van der Waals surface area contributed by atoms with Gasteiger partial charge in [0.15, 0.2) is 0 Å². The molecule has 1 aliphatic heterocycles. The second-order valence-corrected chi connectivity index (χ2v) is 3.30. The molecular weight excluding hydrogens is 201 g/mol. The molecule has 1 heterocycles. The third-order valence-electron chi connectivity index (χ3n) is 1.78. The van der Waals surface area contributed by atoms with Gasteiger partial charge in [-0.2, -0.15) is 13.2 Å². The highest BCUT2D eigenvalue weighted by Crippen LogP contribution is 2.22. The van der Waals surface area contributed by atoms with Crippen molar-refractivity contribution < 1.29 is 27.8 Å². The number of aliphatic hydroxyl groups is 1. The maximum absolute atomic E-state index is 11.7. The molecule has 0 saturated carbocycles. The van der Waals surface area contributed by atoms with Crippen LogP contribution in [0.15, 0.2) is 0 Å². The van der Waals surface area contributed by atoms with Crippen molar-refractivity contribution in [3.8, 4) is 0 Å². The Balaban J connectivity index is 1.94. The lowest BCUT2D eigenvalue weighted by atomic mass is 10.2. The van der Waals surface area contributed by atoms with Crippen LogP contribution in [-0.4, -0.2) is 43.3 Å². The van der Waals surface area contributed by atoms with E-state index in [0.717, 1.165) is 0 Å². The van der Waals surface area contributed by atoms with Gasteiger partial charge in [-0.05, 0) is 6.42 Å². The third-order valence-corrected chi connectivity index (χ3v) is 1.78. The average molecular weight is 214 g/mol. The standard InChI is InChI=1S/C8H13F3O3/c9-8(10,11)2-1-6(12)3-13-4-7-5-14-7/h6-7,12H,1-5H2. The number of hydrogen-bond donors (Lipinski definition) is 1. The van der Waals surface area contributed by atoms with Crippen molar-refractivity contribution in [3.05, 3.63) is 0 Å². The first-order valence-corrected chi connectivity index (χ1v) is 4.41. The van der Waals surface area contributed by atoms with Gasteiger partial charge in [0.2, 0.25) is 0 Å². The molecule has 1 saturated heterocycles. The number of rotatable bonds is 6. The van der Waals surface area contributed by atoms with Crippen molar-refractivity contribution in [1.82, 2.24) is 0 Å². The first-order valence-electron chi connectivity index (χ1n) is 4.41. The second-order valence-electron chi connectivity index (χ2n) is 3.30. The van der Waals surface area contributed by atoms with E-state index in [4.69, 9.17) is 14.6 Å². The van der Waals surface area contributed by atoms with Gasteiger partial charge in [-0.15, -0.1) is 0 Å². The molecule has 0 aromatic carbocycles.